The van der Waals surface area contributed by atoms with Crippen molar-refractivity contribution >= 4 is 39.8 Å². The number of anilines is 1. The van der Waals surface area contributed by atoms with Crippen molar-refractivity contribution < 1.29 is 9.59 Å². The van der Waals surface area contributed by atoms with E-state index in [4.69, 9.17) is 0 Å². The lowest BCUT2D eigenvalue weighted by molar-refractivity contribution is -0.117. The van der Waals surface area contributed by atoms with Crippen molar-refractivity contribution in [3.8, 4) is 10.7 Å². The molecular formula is C18H16N4O2S2. The van der Waals surface area contributed by atoms with Gasteiger partial charge in [0.2, 0.25) is 11.0 Å². The summed E-state index contributed by atoms with van der Waals surface area (Å²) in [6, 6.07) is 9.28. The van der Waals surface area contributed by atoms with Gasteiger partial charge in [-0.05, 0) is 35.6 Å². The average Bonchev–Trinajstić information content (AvgIpc) is 3.26. The molecule has 6 nitrogen and oxygen atoms in total. The fourth-order valence-electron chi connectivity index (χ4n) is 3.04. The van der Waals surface area contributed by atoms with Crippen LogP contribution in [0, 0.1) is 6.92 Å². The molecule has 2 aromatic heterocycles. The molecule has 4 rings (SSSR count). The number of benzene rings is 1. The number of amides is 2. The number of likely N-dealkylation sites (N-methyl/N-ethyl adjacent to an activating group) is 1. The van der Waals surface area contributed by atoms with Gasteiger partial charge in [0.1, 0.15) is 0 Å². The van der Waals surface area contributed by atoms with Gasteiger partial charge in [0.15, 0.2) is 5.82 Å². The van der Waals surface area contributed by atoms with Crippen LogP contribution in [0.15, 0.2) is 35.7 Å². The second-order valence-electron chi connectivity index (χ2n) is 6.17. The van der Waals surface area contributed by atoms with E-state index in [0.717, 1.165) is 27.5 Å². The first-order valence-corrected chi connectivity index (χ1v) is 9.73. The number of rotatable bonds is 3. The molecule has 0 fully saturated rings. The van der Waals surface area contributed by atoms with Crippen LogP contribution in [0.2, 0.25) is 0 Å². The first kappa shape index (κ1) is 16.9. The molecule has 26 heavy (non-hydrogen) atoms. The molecular weight excluding hydrogens is 368 g/mol. The SMILES string of the molecule is Cc1ccsc1-c1nsc(NC(=O)C2CN(C)C(=O)c3ccccc32)n1. The summed E-state index contributed by atoms with van der Waals surface area (Å²) in [5, 5.41) is 5.33. The smallest absolute Gasteiger partial charge is 0.253 e. The minimum atomic E-state index is -0.426. The highest BCUT2D eigenvalue weighted by Crippen LogP contribution is 2.31. The maximum Gasteiger partial charge on any atom is 0.253 e. The zero-order chi connectivity index (χ0) is 18.3. The van der Waals surface area contributed by atoms with Crippen molar-refractivity contribution in [2.75, 3.05) is 18.9 Å². The third-order valence-corrected chi connectivity index (χ3v) is 6.05. The van der Waals surface area contributed by atoms with Gasteiger partial charge in [-0.3, -0.25) is 9.59 Å². The minimum Gasteiger partial charge on any atom is -0.341 e. The van der Waals surface area contributed by atoms with E-state index in [0.29, 0.717) is 23.1 Å². The van der Waals surface area contributed by atoms with Crippen LogP contribution in [0.5, 0.6) is 0 Å². The Morgan fingerprint density at radius 3 is 2.88 bits per heavy atom. The van der Waals surface area contributed by atoms with Crippen molar-refractivity contribution in [2.24, 2.45) is 0 Å². The van der Waals surface area contributed by atoms with Crippen LogP contribution < -0.4 is 5.32 Å². The predicted molar refractivity (Wildman–Crippen MR) is 103 cm³/mol. The number of thiophene rings is 1. The van der Waals surface area contributed by atoms with Crippen LogP contribution in [0.4, 0.5) is 5.13 Å². The predicted octanol–water partition coefficient (Wildman–Crippen LogP) is 3.38. The van der Waals surface area contributed by atoms with Gasteiger partial charge in [-0.25, -0.2) is 0 Å². The third-order valence-electron chi connectivity index (χ3n) is 4.41. The number of carbonyl (C=O) groups excluding carboxylic acids is 2. The van der Waals surface area contributed by atoms with Gasteiger partial charge >= 0.3 is 0 Å². The molecule has 1 unspecified atom stereocenters. The van der Waals surface area contributed by atoms with Crippen LogP contribution in [-0.4, -0.2) is 39.7 Å². The number of aromatic nitrogens is 2. The lowest BCUT2D eigenvalue weighted by atomic mass is 9.89. The summed E-state index contributed by atoms with van der Waals surface area (Å²) in [5.41, 5.74) is 2.45. The Morgan fingerprint density at radius 1 is 1.31 bits per heavy atom. The summed E-state index contributed by atoms with van der Waals surface area (Å²) in [6.07, 6.45) is 0. The van der Waals surface area contributed by atoms with Crippen LogP contribution in [0.1, 0.15) is 27.4 Å². The standard InChI is InChI=1S/C18H16N4O2S2/c1-10-7-8-25-14(10)15-19-18(26-21-15)20-16(23)13-9-22(2)17(24)12-6-4-3-5-11(12)13/h3-8,13H,9H2,1-2H3,(H,19,20,21,23). The largest absolute Gasteiger partial charge is 0.341 e. The van der Waals surface area contributed by atoms with E-state index in [2.05, 4.69) is 14.7 Å². The first-order chi connectivity index (χ1) is 12.5. The van der Waals surface area contributed by atoms with Gasteiger partial charge in [0, 0.05) is 30.7 Å². The Bertz CT molecular complexity index is 995. The monoisotopic (exact) mass is 384 g/mol. The van der Waals surface area contributed by atoms with Gasteiger partial charge in [0.05, 0.1) is 10.8 Å². The number of aryl methyl sites for hydroxylation is 1. The average molecular weight is 384 g/mol. The topological polar surface area (TPSA) is 75.2 Å². The Morgan fingerprint density at radius 2 is 2.12 bits per heavy atom. The van der Waals surface area contributed by atoms with E-state index in [1.165, 1.54) is 0 Å². The molecule has 0 radical (unpaired) electrons. The molecule has 1 atom stereocenters. The highest BCUT2D eigenvalue weighted by atomic mass is 32.1. The van der Waals surface area contributed by atoms with Crippen LogP contribution in [0.25, 0.3) is 10.7 Å². The van der Waals surface area contributed by atoms with Gasteiger partial charge in [-0.1, -0.05) is 18.2 Å². The van der Waals surface area contributed by atoms with E-state index >= 15 is 0 Å². The molecule has 3 heterocycles. The molecule has 0 bridgehead atoms. The number of nitrogens with zero attached hydrogens (tertiary/aromatic N) is 3. The van der Waals surface area contributed by atoms with Crippen molar-refractivity contribution in [1.29, 1.82) is 0 Å². The molecule has 3 aromatic rings. The van der Waals surface area contributed by atoms with Gasteiger partial charge < -0.3 is 10.2 Å². The maximum absolute atomic E-state index is 12.8. The van der Waals surface area contributed by atoms with E-state index in [9.17, 15) is 9.59 Å². The van der Waals surface area contributed by atoms with Crippen LogP contribution >= 0.6 is 22.9 Å². The molecule has 0 aliphatic carbocycles. The molecule has 0 saturated heterocycles. The second kappa shape index (κ2) is 6.62. The number of nitrogens with one attached hydrogen (secondary N) is 1. The normalized spacial score (nSPS) is 16.5. The van der Waals surface area contributed by atoms with Gasteiger partial charge in [0.25, 0.3) is 5.91 Å². The summed E-state index contributed by atoms with van der Waals surface area (Å²) < 4.78 is 4.35. The molecule has 8 heteroatoms. The number of fused-ring (bicyclic) bond motifs is 1. The number of hydrogen-bond donors (Lipinski definition) is 1. The molecule has 0 spiro atoms. The molecule has 132 valence electrons. The van der Waals surface area contributed by atoms with Crippen LogP contribution in [-0.2, 0) is 4.79 Å². The minimum absolute atomic E-state index is 0.0592. The molecule has 1 aliphatic rings. The van der Waals surface area contributed by atoms with Crippen molar-refractivity contribution in [2.45, 2.75) is 12.8 Å². The van der Waals surface area contributed by atoms with Crippen LogP contribution in [0.3, 0.4) is 0 Å². The van der Waals surface area contributed by atoms with Crippen molar-refractivity contribution in [1.82, 2.24) is 14.3 Å². The third kappa shape index (κ3) is 2.91. The van der Waals surface area contributed by atoms with Crippen molar-refractivity contribution in [3.63, 3.8) is 0 Å². The molecule has 1 aromatic carbocycles. The number of hydrogen-bond acceptors (Lipinski definition) is 6. The number of carbonyl (C=O) groups is 2. The van der Waals surface area contributed by atoms with E-state index in [1.54, 1.807) is 29.4 Å². The lowest BCUT2D eigenvalue weighted by Gasteiger charge is -2.30. The summed E-state index contributed by atoms with van der Waals surface area (Å²) >= 11 is 2.74. The van der Waals surface area contributed by atoms with E-state index < -0.39 is 5.92 Å². The zero-order valence-corrected chi connectivity index (χ0v) is 15.9. The molecule has 2 amide bonds. The second-order valence-corrected chi connectivity index (χ2v) is 7.84. The highest BCUT2D eigenvalue weighted by Gasteiger charge is 2.33. The summed E-state index contributed by atoms with van der Waals surface area (Å²) in [5.74, 6) is -0.0303. The Kier molecular flexibility index (Phi) is 4.29. The maximum atomic E-state index is 12.8. The fourth-order valence-corrected chi connectivity index (χ4v) is 4.54. The molecule has 1 N–H and O–H groups in total. The van der Waals surface area contributed by atoms with Gasteiger partial charge in [-0.15, -0.1) is 11.3 Å². The highest BCUT2D eigenvalue weighted by molar-refractivity contribution is 7.14. The quantitative estimate of drug-likeness (QED) is 0.751. The first-order valence-electron chi connectivity index (χ1n) is 8.08. The Balaban J connectivity index is 1.58. The molecule has 0 saturated carbocycles. The van der Waals surface area contributed by atoms with E-state index in [-0.39, 0.29) is 11.8 Å². The molecule has 1 aliphatic heterocycles. The zero-order valence-electron chi connectivity index (χ0n) is 14.2. The van der Waals surface area contributed by atoms with E-state index in [1.807, 2.05) is 36.6 Å². The fraction of sp³-hybridized carbons (Fsp3) is 0.222. The van der Waals surface area contributed by atoms with Gasteiger partial charge in [-0.2, -0.15) is 9.36 Å². The Labute approximate surface area is 158 Å². The summed E-state index contributed by atoms with van der Waals surface area (Å²) in [7, 11) is 1.71. The Hall–Kier alpha value is -2.58. The summed E-state index contributed by atoms with van der Waals surface area (Å²) in [6.45, 7) is 2.36. The summed E-state index contributed by atoms with van der Waals surface area (Å²) in [4.78, 5) is 32.2. The lowest BCUT2D eigenvalue weighted by Crippen LogP contribution is -2.41. The van der Waals surface area contributed by atoms with Crippen molar-refractivity contribution in [3.05, 3.63) is 52.4 Å².